The summed E-state index contributed by atoms with van der Waals surface area (Å²) in [5, 5.41) is 2.95. The van der Waals surface area contributed by atoms with Gasteiger partial charge in [-0.25, -0.2) is 8.42 Å². The Kier molecular flexibility index (Phi) is 8.12. The number of rotatable bonds is 7. The van der Waals surface area contributed by atoms with Gasteiger partial charge in [-0.3, -0.25) is 4.79 Å². The van der Waals surface area contributed by atoms with E-state index >= 15 is 0 Å². The van der Waals surface area contributed by atoms with Gasteiger partial charge in [0, 0.05) is 15.0 Å². The molecule has 0 spiro atoms. The van der Waals surface area contributed by atoms with Gasteiger partial charge in [-0.15, -0.1) is 0 Å². The predicted octanol–water partition coefficient (Wildman–Crippen LogP) is 5.41. The fourth-order valence-electron chi connectivity index (χ4n) is 3.81. The number of benzene rings is 2. The number of halogens is 2. The molecule has 0 bridgehead atoms. The largest absolute Gasteiger partial charge is 0.348 e. The lowest BCUT2D eigenvalue weighted by Crippen LogP contribution is -2.47. The van der Waals surface area contributed by atoms with Crippen LogP contribution in [0.2, 0.25) is 0 Å². The van der Waals surface area contributed by atoms with Crippen LogP contribution in [-0.2, 0) is 14.8 Å². The molecule has 5 nitrogen and oxygen atoms in total. The van der Waals surface area contributed by atoms with E-state index in [1.807, 2.05) is 31.2 Å². The van der Waals surface area contributed by atoms with Crippen molar-refractivity contribution < 1.29 is 13.2 Å². The first-order chi connectivity index (χ1) is 14.3. The van der Waals surface area contributed by atoms with Crippen molar-refractivity contribution in [3.8, 4) is 0 Å². The molecule has 30 heavy (non-hydrogen) atoms. The molecule has 1 N–H and O–H groups in total. The molecule has 1 fully saturated rings. The van der Waals surface area contributed by atoms with Crippen LogP contribution in [0.1, 0.15) is 50.6 Å². The Balaban J connectivity index is 1.80. The van der Waals surface area contributed by atoms with E-state index in [1.54, 1.807) is 24.3 Å². The van der Waals surface area contributed by atoms with Crippen molar-refractivity contribution in [2.24, 2.45) is 0 Å². The third kappa shape index (κ3) is 5.93. The predicted molar refractivity (Wildman–Crippen MR) is 126 cm³/mol. The van der Waals surface area contributed by atoms with Crippen LogP contribution in [0.25, 0.3) is 0 Å². The molecular formula is C22H26Br2N2O3S. The molecule has 0 aliphatic heterocycles. The molecule has 0 aromatic heterocycles. The highest BCUT2D eigenvalue weighted by Gasteiger charge is 2.34. The van der Waals surface area contributed by atoms with E-state index in [-0.39, 0.29) is 29.4 Å². The van der Waals surface area contributed by atoms with Crippen LogP contribution in [0.15, 0.2) is 62.4 Å². The Bertz CT molecular complexity index is 974. The number of nitrogens with zero attached hydrogens (tertiary/aromatic N) is 1. The molecule has 0 saturated heterocycles. The SMILES string of the molecule is C[C@H](NC(=O)CN(C1CCCCC1)S(=O)(=O)c1ccc(Br)cc1)c1cccc(Br)c1. The molecule has 1 aliphatic rings. The monoisotopic (exact) mass is 556 g/mol. The number of sulfonamides is 1. The van der Waals surface area contributed by atoms with Crippen LogP contribution in [0.3, 0.4) is 0 Å². The summed E-state index contributed by atoms with van der Waals surface area (Å²) in [7, 11) is -3.78. The van der Waals surface area contributed by atoms with Crippen molar-refractivity contribution in [2.45, 2.75) is 56.0 Å². The minimum Gasteiger partial charge on any atom is -0.348 e. The number of amides is 1. The van der Waals surface area contributed by atoms with Crippen LogP contribution >= 0.6 is 31.9 Å². The molecule has 1 saturated carbocycles. The molecule has 1 aliphatic carbocycles. The van der Waals surface area contributed by atoms with E-state index in [4.69, 9.17) is 0 Å². The Morgan fingerprint density at radius 1 is 1.07 bits per heavy atom. The van der Waals surface area contributed by atoms with Crippen LogP contribution < -0.4 is 5.32 Å². The lowest BCUT2D eigenvalue weighted by Gasteiger charge is -2.33. The zero-order chi connectivity index (χ0) is 21.7. The van der Waals surface area contributed by atoms with Crippen molar-refractivity contribution in [3.05, 3.63) is 63.0 Å². The summed E-state index contributed by atoms with van der Waals surface area (Å²) < 4.78 is 30.0. The van der Waals surface area contributed by atoms with Gasteiger partial charge in [0.1, 0.15) is 0 Å². The highest BCUT2D eigenvalue weighted by Crippen LogP contribution is 2.28. The van der Waals surface area contributed by atoms with Gasteiger partial charge >= 0.3 is 0 Å². The number of hydrogen-bond acceptors (Lipinski definition) is 3. The number of carbonyl (C=O) groups is 1. The number of hydrogen-bond donors (Lipinski definition) is 1. The summed E-state index contributed by atoms with van der Waals surface area (Å²) in [6, 6.07) is 13.9. The summed E-state index contributed by atoms with van der Waals surface area (Å²) in [6.07, 6.45) is 4.63. The summed E-state index contributed by atoms with van der Waals surface area (Å²) in [5.74, 6) is -0.297. The average Bonchev–Trinajstić information content (AvgIpc) is 2.73. The van der Waals surface area contributed by atoms with Gasteiger partial charge in [-0.2, -0.15) is 4.31 Å². The van der Waals surface area contributed by atoms with Crippen LogP contribution in [0, 0.1) is 0 Å². The van der Waals surface area contributed by atoms with Gasteiger partial charge in [0.25, 0.3) is 0 Å². The van der Waals surface area contributed by atoms with E-state index in [0.29, 0.717) is 0 Å². The fourth-order valence-corrected chi connectivity index (χ4v) is 6.13. The lowest BCUT2D eigenvalue weighted by atomic mass is 9.95. The van der Waals surface area contributed by atoms with Crippen molar-refractivity contribution >= 4 is 47.8 Å². The molecule has 0 radical (unpaired) electrons. The number of nitrogens with one attached hydrogen (secondary N) is 1. The van der Waals surface area contributed by atoms with E-state index in [1.165, 1.54) is 4.31 Å². The van der Waals surface area contributed by atoms with Gasteiger partial charge in [0.15, 0.2) is 0 Å². The van der Waals surface area contributed by atoms with Crippen LogP contribution in [0.5, 0.6) is 0 Å². The molecule has 2 aromatic carbocycles. The standard InChI is InChI=1S/C22H26Br2N2O3S/c1-16(17-6-5-7-19(24)14-17)25-22(27)15-26(20-8-3-2-4-9-20)30(28,29)21-12-10-18(23)11-13-21/h5-7,10-14,16,20H,2-4,8-9,15H2,1H3,(H,25,27)/t16-/m0/s1. The van der Waals surface area contributed by atoms with E-state index in [2.05, 4.69) is 37.2 Å². The highest BCUT2D eigenvalue weighted by molar-refractivity contribution is 9.10. The van der Waals surface area contributed by atoms with Crippen LogP contribution in [-0.4, -0.2) is 31.2 Å². The molecule has 162 valence electrons. The molecule has 3 rings (SSSR count). The highest BCUT2D eigenvalue weighted by atomic mass is 79.9. The topological polar surface area (TPSA) is 66.5 Å². The molecule has 8 heteroatoms. The summed E-state index contributed by atoms with van der Waals surface area (Å²) in [5.41, 5.74) is 0.956. The molecule has 2 aromatic rings. The van der Waals surface area contributed by atoms with Crippen molar-refractivity contribution in [2.75, 3.05) is 6.54 Å². The molecule has 0 heterocycles. The second kappa shape index (κ2) is 10.4. The molecule has 1 amide bonds. The zero-order valence-corrected chi connectivity index (χ0v) is 20.8. The minimum atomic E-state index is -3.78. The first-order valence-corrected chi connectivity index (χ1v) is 13.1. The first kappa shape index (κ1) is 23.4. The Hall–Kier alpha value is -1.22. The first-order valence-electron chi connectivity index (χ1n) is 10.1. The Morgan fingerprint density at radius 2 is 1.73 bits per heavy atom. The average molecular weight is 558 g/mol. The van der Waals surface area contributed by atoms with Gasteiger partial charge < -0.3 is 5.32 Å². The summed E-state index contributed by atoms with van der Waals surface area (Å²) in [6.45, 7) is 1.72. The van der Waals surface area contributed by atoms with Crippen LogP contribution in [0.4, 0.5) is 0 Å². The molecule has 0 unspecified atom stereocenters. The van der Waals surface area contributed by atoms with Crippen molar-refractivity contribution in [3.63, 3.8) is 0 Å². The molecule has 1 atom stereocenters. The molecular weight excluding hydrogens is 532 g/mol. The van der Waals surface area contributed by atoms with E-state index in [0.717, 1.165) is 46.6 Å². The van der Waals surface area contributed by atoms with E-state index in [9.17, 15) is 13.2 Å². The third-order valence-electron chi connectivity index (χ3n) is 5.43. The summed E-state index contributed by atoms with van der Waals surface area (Å²) >= 11 is 6.79. The third-order valence-corrected chi connectivity index (χ3v) is 8.36. The maximum absolute atomic E-state index is 13.4. The van der Waals surface area contributed by atoms with Gasteiger partial charge in [0.2, 0.25) is 15.9 Å². The quantitative estimate of drug-likeness (QED) is 0.495. The maximum Gasteiger partial charge on any atom is 0.243 e. The lowest BCUT2D eigenvalue weighted by molar-refractivity contribution is -0.122. The van der Waals surface area contributed by atoms with E-state index < -0.39 is 10.0 Å². The zero-order valence-electron chi connectivity index (χ0n) is 16.9. The fraction of sp³-hybridized carbons (Fsp3) is 0.409. The van der Waals surface area contributed by atoms with Gasteiger partial charge in [-0.1, -0.05) is 63.3 Å². The van der Waals surface area contributed by atoms with Gasteiger partial charge in [-0.05, 0) is 61.7 Å². The summed E-state index contributed by atoms with van der Waals surface area (Å²) in [4.78, 5) is 13.1. The second-order valence-electron chi connectivity index (χ2n) is 7.64. The second-order valence-corrected chi connectivity index (χ2v) is 11.4. The normalized spacial score (nSPS) is 16.4. The van der Waals surface area contributed by atoms with Crippen molar-refractivity contribution in [1.82, 2.24) is 9.62 Å². The Labute approximate surface area is 195 Å². The van der Waals surface area contributed by atoms with Gasteiger partial charge in [0.05, 0.1) is 17.5 Å². The minimum absolute atomic E-state index is 0.153. The maximum atomic E-state index is 13.4. The number of carbonyl (C=O) groups excluding carboxylic acids is 1. The Morgan fingerprint density at radius 3 is 2.37 bits per heavy atom. The van der Waals surface area contributed by atoms with Crippen molar-refractivity contribution in [1.29, 1.82) is 0 Å². The smallest absolute Gasteiger partial charge is 0.243 e.